The van der Waals surface area contributed by atoms with E-state index < -0.39 is 12.1 Å². The van der Waals surface area contributed by atoms with E-state index in [1.54, 1.807) is 11.1 Å². The summed E-state index contributed by atoms with van der Waals surface area (Å²) in [6.45, 7) is 2.98. The second-order valence-electron chi connectivity index (χ2n) is 4.58. The third-order valence-corrected chi connectivity index (χ3v) is 3.95. The number of aliphatic carboxylic acids is 1. The number of hydrogen-bond donors (Lipinski definition) is 2. The van der Waals surface area contributed by atoms with Gasteiger partial charge in [-0.05, 0) is 6.92 Å². The predicted molar refractivity (Wildman–Crippen MR) is 72.6 cm³/mol. The van der Waals surface area contributed by atoms with E-state index in [4.69, 9.17) is 9.84 Å². The fraction of sp³-hybridized carbons (Fsp3) is 0.583. The summed E-state index contributed by atoms with van der Waals surface area (Å²) in [5.74, 6) is -0.923. The molecular formula is C12H17N3O4S. The number of ether oxygens (including phenoxy) is 1. The molecule has 1 saturated heterocycles. The van der Waals surface area contributed by atoms with E-state index >= 15 is 0 Å². The molecule has 0 spiro atoms. The molecule has 2 atom stereocenters. The molecule has 0 aliphatic carbocycles. The molecule has 1 aromatic rings. The van der Waals surface area contributed by atoms with E-state index in [1.165, 1.54) is 11.3 Å². The third-order valence-electron chi connectivity index (χ3n) is 2.99. The monoisotopic (exact) mass is 299 g/mol. The Bertz CT molecular complexity index is 465. The molecule has 0 aromatic carbocycles. The van der Waals surface area contributed by atoms with Gasteiger partial charge in [-0.25, -0.2) is 9.78 Å². The minimum Gasteiger partial charge on any atom is -0.481 e. The van der Waals surface area contributed by atoms with Gasteiger partial charge >= 0.3 is 12.0 Å². The number of morpholine rings is 1. The first-order valence-electron chi connectivity index (χ1n) is 6.34. The summed E-state index contributed by atoms with van der Waals surface area (Å²) in [4.78, 5) is 28.5. The molecule has 1 aromatic heterocycles. The van der Waals surface area contributed by atoms with Gasteiger partial charge < -0.3 is 20.1 Å². The zero-order valence-corrected chi connectivity index (χ0v) is 11.9. The summed E-state index contributed by atoms with van der Waals surface area (Å²) >= 11 is 1.48. The summed E-state index contributed by atoms with van der Waals surface area (Å²) in [5.41, 5.74) is 0. The highest BCUT2D eigenvalue weighted by atomic mass is 32.1. The van der Waals surface area contributed by atoms with Gasteiger partial charge in [0.25, 0.3) is 0 Å². The molecule has 110 valence electrons. The third kappa shape index (κ3) is 3.91. The van der Waals surface area contributed by atoms with Crippen LogP contribution < -0.4 is 5.32 Å². The maximum absolute atomic E-state index is 12.1. The predicted octanol–water partition coefficient (Wildman–Crippen LogP) is 1.09. The average molecular weight is 299 g/mol. The van der Waals surface area contributed by atoms with Crippen molar-refractivity contribution in [2.75, 3.05) is 19.7 Å². The highest BCUT2D eigenvalue weighted by Gasteiger charge is 2.26. The maximum Gasteiger partial charge on any atom is 0.318 e. The molecule has 0 saturated carbocycles. The summed E-state index contributed by atoms with van der Waals surface area (Å²) in [5, 5.41) is 14.3. The second-order valence-corrected chi connectivity index (χ2v) is 5.50. The number of hydrogen-bond acceptors (Lipinski definition) is 5. The van der Waals surface area contributed by atoms with Crippen LogP contribution in [0.5, 0.6) is 0 Å². The topological polar surface area (TPSA) is 91.8 Å². The van der Waals surface area contributed by atoms with Crippen LogP contribution in [0.1, 0.15) is 24.4 Å². The Morgan fingerprint density at radius 3 is 3.15 bits per heavy atom. The number of carboxylic acid groups (broad SMARTS) is 1. The molecule has 1 aliphatic heterocycles. The summed E-state index contributed by atoms with van der Waals surface area (Å²) in [7, 11) is 0. The van der Waals surface area contributed by atoms with Gasteiger partial charge in [-0.15, -0.1) is 11.3 Å². The zero-order valence-electron chi connectivity index (χ0n) is 11.1. The maximum atomic E-state index is 12.1. The molecule has 2 N–H and O–H groups in total. The number of nitrogens with zero attached hydrogens (tertiary/aromatic N) is 2. The minimum atomic E-state index is -0.923. The van der Waals surface area contributed by atoms with Crippen molar-refractivity contribution in [3.05, 3.63) is 16.6 Å². The lowest BCUT2D eigenvalue weighted by atomic mass is 10.2. The largest absolute Gasteiger partial charge is 0.481 e. The van der Waals surface area contributed by atoms with Crippen LogP contribution in [-0.4, -0.2) is 52.8 Å². The number of amides is 2. The number of carbonyl (C=O) groups is 2. The Morgan fingerprint density at radius 2 is 2.50 bits per heavy atom. The molecule has 2 heterocycles. The van der Waals surface area contributed by atoms with Crippen molar-refractivity contribution >= 4 is 23.3 Å². The molecule has 2 rings (SSSR count). The first kappa shape index (κ1) is 14.7. The van der Waals surface area contributed by atoms with E-state index in [1.807, 2.05) is 12.3 Å². The van der Waals surface area contributed by atoms with E-state index in [9.17, 15) is 9.59 Å². The summed E-state index contributed by atoms with van der Waals surface area (Å²) in [6, 6.07) is -0.380. The van der Waals surface area contributed by atoms with Crippen LogP contribution in [-0.2, 0) is 9.53 Å². The smallest absolute Gasteiger partial charge is 0.318 e. The number of thiazole rings is 1. The van der Waals surface area contributed by atoms with Crippen LogP contribution in [0.3, 0.4) is 0 Å². The van der Waals surface area contributed by atoms with Gasteiger partial charge in [0.2, 0.25) is 0 Å². The number of carbonyl (C=O) groups excluding carboxylic acids is 1. The van der Waals surface area contributed by atoms with Crippen LogP contribution in [0.15, 0.2) is 11.6 Å². The van der Waals surface area contributed by atoms with Gasteiger partial charge in [0.1, 0.15) is 5.01 Å². The molecule has 0 bridgehead atoms. The first-order chi connectivity index (χ1) is 9.56. The van der Waals surface area contributed by atoms with Crippen molar-refractivity contribution in [2.24, 2.45) is 0 Å². The molecule has 8 heteroatoms. The van der Waals surface area contributed by atoms with Gasteiger partial charge in [0, 0.05) is 24.7 Å². The van der Waals surface area contributed by atoms with Gasteiger partial charge in [-0.3, -0.25) is 4.79 Å². The van der Waals surface area contributed by atoms with E-state index in [0.29, 0.717) is 19.7 Å². The van der Waals surface area contributed by atoms with Gasteiger partial charge in [-0.1, -0.05) is 0 Å². The van der Waals surface area contributed by atoms with Crippen molar-refractivity contribution in [1.29, 1.82) is 0 Å². The lowest BCUT2D eigenvalue weighted by Gasteiger charge is -2.32. The average Bonchev–Trinajstić information content (AvgIpc) is 2.92. The molecule has 20 heavy (non-hydrogen) atoms. The Kier molecular flexibility index (Phi) is 4.91. The molecule has 1 aliphatic rings. The Balaban J connectivity index is 1.87. The lowest BCUT2D eigenvalue weighted by molar-refractivity contribution is -0.141. The fourth-order valence-corrected chi connectivity index (χ4v) is 2.65. The van der Waals surface area contributed by atoms with Gasteiger partial charge in [0.05, 0.1) is 25.2 Å². The zero-order chi connectivity index (χ0) is 14.5. The van der Waals surface area contributed by atoms with Crippen molar-refractivity contribution < 1.29 is 19.4 Å². The standard InChI is InChI=1S/C12H17N3O4S/c1-8(11-13-2-5-20-11)14-12(18)15-3-4-19-9(7-15)6-10(16)17/h2,5,8-9H,3-4,6-7H2,1H3,(H,14,18)(H,16,17). The lowest BCUT2D eigenvalue weighted by Crippen LogP contribution is -2.50. The van der Waals surface area contributed by atoms with Crippen molar-refractivity contribution in [1.82, 2.24) is 15.2 Å². The number of urea groups is 1. The Hall–Kier alpha value is -1.67. The number of rotatable bonds is 4. The number of aromatic nitrogens is 1. The molecule has 1 fully saturated rings. The van der Waals surface area contributed by atoms with Crippen LogP contribution in [0, 0.1) is 0 Å². The van der Waals surface area contributed by atoms with Crippen molar-refractivity contribution in [3.63, 3.8) is 0 Å². The highest BCUT2D eigenvalue weighted by molar-refractivity contribution is 7.09. The van der Waals surface area contributed by atoms with Crippen LogP contribution in [0.4, 0.5) is 4.79 Å². The van der Waals surface area contributed by atoms with E-state index in [-0.39, 0.29) is 18.5 Å². The number of nitrogens with one attached hydrogen (secondary N) is 1. The highest BCUT2D eigenvalue weighted by Crippen LogP contribution is 2.16. The van der Waals surface area contributed by atoms with Crippen molar-refractivity contribution in [3.8, 4) is 0 Å². The Morgan fingerprint density at radius 1 is 1.70 bits per heavy atom. The molecule has 2 amide bonds. The number of carboxylic acids is 1. The summed E-state index contributed by atoms with van der Waals surface area (Å²) < 4.78 is 5.33. The molecule has 7 nitrogen and oxygen atoms in total. The van der Waals surface area contributed by atoms with Gasteiger partial charge in [0.15, 0.2) is 0 Å². The quantitative estimate of drug-likeness (QED) is 0.868. The molecule has 2 unspecified atom stereocenters. The van der Waals surface area contributed by atoms with E-state index in [0.717, 1.165) is 5.01 Å². The van der Waals surface area contributed by atoms with Crippen LogP contribution >= 0.6 is 11.3 Å². The second kappa shape index (κ2) is 6.67. The minimum absolute atomic E-state index is 0.0915. The van der Waals surface area contributed by atoms with Gasteiger partial charge in [-0.2, -0.15) is 0 Å². The summed E-state index contributed by atoms with van der Waals surface area (Å²) in [6.07, 6.45) is 1.16. The SMILES string of the molecule is CC(NC(=O)N1CCOC(CC(=O)O)C1)c1nccs1. The van der Waals surface area contributed by atoms with Crippen LogP contribution in [0.2, 0.25) is 0 Å². The first-order valence-corrected chi connectivity index (χ1v) is 7.22. The molecule has 0 radical (unpaired) electrons. The molecular weight excluding hydrogens is 282 g/mol. The van der Waals surface area contributed by atoms with Crippen LogP contribution in [0.25, 0.3) is 0 Å². The van der Waals surface area contributed by atoms with Crippen molar-refractivity contribution in [2.45, 2.75) is 25.5 Å². The van der Waals surface area contributed by atoms with E-state index in [2.05, 4.69) is 10.3 Å². The fourth-order valence-electron chi connectivity index (χ4n) is 2.01. The Labute approximate surface area is 120 Å². The normalized spacial score (nSPS) is 20.4.